The van der Waals surface area contributed by atoms with Gasteiger partial charge in [-0.25, -0.2) is 3.15 Å². The monoisotopic (exact) mass is 246 g/mol. The summed E-state index contributed by atoms with van der Waals surface area (Å²) in [6.07, 6.45) is 4.94. The highest BCUT2D eigenvalue weighted by Gasteiger charge is 2.03. The predicted molar refractivity (Wildman–Crippen MR) is 48.9 cm³/mol. The van der Waals surface area contributed by atoms with Crippen molar-refractivity contribution < 1.29 is 0 Å². The molecule has 2 nitrogen and oxygen atoms in total. The molecule has 0 bridgehead atoms. The normalized spacial score (nSPS) is 15.6. The average Bonchev–Trinajstić information content (AvgIpc) is 2.05. The predicted octanol–water partition coefficient (Wildman–Crippen LogP) is 2.42. The maximum absolute atomic E-state index is 4.46. The molecule has 0 aliphatic carbocycles. The Kier molecular flexibility index (Phi) is 1.75. The van der Waals surface area contributed by atoms with E-state index in [1.807, 2.05) is 18.5 Å². The zero-order valence-electron chi connectivity index (χ0n) is 5.42. The van der Waals surface area contributed by atoms with Crippen molar-refractivity contribution in [1.29, 1.82) is 0 Å². The van der Waals surface area contributed by atoms with Gasteiger partial charge in [0.05, 0.1) is 5.69 Å². The van der Waals surface area contributed by atoms with E-state index in [9.17, 15) is 0 Å². The van der Waals surface area contributed by atoms with Crippen LogP contribution >= 0.6 is 21.0 Å². The maximum atomic E-state index is 4.46. The maximum Gasteiger partial charge on any atom is 0.0750 e. The van der Waals surface area contributed by atoms with Gasteiger partial charge in [-0.05, 0) is 39.1 Å². The SMILES string of the molecule is c1cc2c(cn1)CCI=N2. The smallest absolute Gasteiger partial charge is 0.0750 e. The third-order valence-corrected chi connectivity index (χ3v) is 3.36. The van der Waals surface area contributed by atoms with E-state index in [2.05, 4.69) is 8.13 Å². The van der Waals surface area contributed by atoms with Crippen LogP contribution in [-0.4, -0.2) is 9.41 Å². The summed E-state index contributed by atoms with van der Waals surface area (Å²) in [5, 5.41) is 0. The Labute approximate surface area is 69.8 Å². The van der Waals surface area contributed by atoms with Gasteiger partial charge >= 0.3 is 0 Å². The average molecular weight is 246 g/mol. The van der Waals surface area contributed by atoms with Gasteiger partial charge in [-0.15, -0.1) is 0 Å². The number of alkyl halides is 1. The second kappa shape index (κ2) is 2.74. The second-order valence-corrected chi connectivity index (χ2v) is 4.39. The molecule has 0 amide bonds. The van der Waals surface area contributed by atoms with Crippen LogP contribution < -0.4 is 0 Å². The van der Waals surface area contributed by atoms with E-state index in [0.717, 1.165) is 0 Å². The number of hydrogen-bond acceptors (Lipinski definition) is 2. The lowest BCUT2D eigenvalue weighted by Gasteiger charge is -2.05. The third kappa shape index (κ3) is 1.10. The molecule has 0 saturated heterocycles. The number of aryl methyl sites for hydroxylation is 1. The van der Waals surface area contributed by atoms with Gasteiger partial charge in [0.2, 0.25) is 0 Å². The number of fused-ring (bicyclic) bond motifs is 1. The topological polar surface area (TPSA) is 25.2 Å². The summed E-state index contributed by atoms with van der Waals surface area (Å²) in [7, 11) is 0. The van der Waals surface area contributed by atoms with Crippen LogP contribution in [0.15, 0.2) is 21.6 Å². The van der Waals surface area contributed by atoms with E-state index in [1.54, 1.807) is 0 Å². The van der Waals surface area contributed by atoms with E-state index in [1.165, 1.54) is 22.1 Å². The quantitative estimate of drug-likeness (QED) is 0.509. The second-order valence-electron chi connectivity index (χ2n) is 2.15. The molecule has 1 aliphatic rings. The fraction of sp³-hybridized carbons (Fsp3) is 0.286. The van der Waals surface area contributed by atoms with E-state index >= 15 is 0 Å². The van der Waals surface area contributed by atoms with E-state index < -0.39 is 0 Å². The Morgan fingerprint density at radius 2 is 2.50 bits per heavy atom. The van der Waals surface area contributed by atoms with Crippen molar-refractivity contribution >= 4 is 26.7 Å². The number of hydrogen-bond donors (Lipinski definition) is 0. The molecule has 1 aliphatic heterocycles. The highest BCUT2D eigenvalue weighted by Crippen LogP contribution is 2.27. The molecule has 2 heterocycles. The van der Waals surface area contributed by atoms with Crippen molar-refractivity contribution in [3.63, 3.8) is 0 Å². The first-order chi connectivity index (χ1) is 4.97. The summed E-state index contributed by atoms with van der Waals surface area (Å²) in [4.78, 5) is 4.05. The first-order valence-corrected chi connectivity index (χ1v) is 5.68. The summed E-state index contributed by atoms with van der Waals surface area (Å²) in [6.45, 7) is 0. The van der Waals surface area contributed by atoms with Crippen molar-refractivity contribution in [2.45, 2.75) is 6.42 Å². The third-order valence-electron chi connectivity index (χ3n) is 1.48. The highest BCUT2D eigenvalue weighted by atomic mass is 127. The van der Waals surface area contributed by atoms with Gasteiger partial charge in [0.15, 0.2) is 0 Å². The minimum atomic E-state index is 0.123. The Morgan fingerprint density at radius 1 is 1.50 bits per heavy atom. The summed E-state index contributed by atoms with van der Waals surface area (Å²) in [5.41, 5.74) is 2.52. The Hall–Kier alpha value is -0.320. The van der Waals surface area contributed by atoms with Crippen LogP contribution in [0.25, 0.3) is 0 Å². The van der Waals surface area contributed by atoms with Gasteiger partial charge in [0, 0.05) is 16.8 Å². The minimum absolute atomic E-state index is 0.123. The van der Waals surface area contributed by atoms with Crippen LogP contribution in [0.3, 0.4) is 0 Å². The Balaban J connectivity index is 2.54. The zero-order valence-corrected chi connectivity index (χ0v) is 7.58. The summed E-state index contributed by atoms with van der Waals surface area (Å²) in [5.74, 6) is 0. The fourth-order valence-electron chi connectivity index (χ4n) is 0.946. The van der Waals surface area contributed by atoms with Crippen LogP contribution in [0, 0.1) is 0 Å². The minimum Gasteiger partial charge on any atom is -0.264 e. The van der Waals surface area contributed by atoms with Crippen LogP contribution in [0.4, 0.5) is 5.69 Å². The van der Waals surface area contributed by atoms with Crippen molar-refractivity contribution in [2.75, 3.05) is 4.43 Å². The Morgan fingerprint density at radius 3 is 3.40 bits per heavy atom. The van der Waals surface area contributed by atoms with Gasteiger partial charge in [-0.2, -0.15) is 0 Å². The number of rotatable bonds is 0. The molecule has 0 atom stereocenters. The molecule has 52 valence electrons. The number of aromatic nitrogens is 1. The van der Waals surface area contributed by atoms with E-state index in [4.69, 9.17) is 0 Å². The van der Waals surface area contributed by atoms with Gasteiger partial charge < -0.3 is 0 Å². The number of halogens is 1. The van der Waals surface area contributed by atoms with Crippen molar-refractivity contribution in [1.82, 2.24) is 4.98 Å². The van der Waals surface area contributed by atoms with Crippen molar-refractivity contribution in [3.05, 3.63) is 24.0 Å². The molecular weight excluding hydrogens is 239 g/mol. The Bertz CT molecular complexity index is 270. The fourth-order valence-corrected chi connectivity index (χ4v) is 2.85. The molecule has 0 saturated carbocycles. The molecule has 0 N–H and O–H groups in total. The molecule has 0 spiro atoms. The van der Waals surface area contributed by atoms with Gasteiger partial charge in [-0.1, -0.05) is 0 Å². The molecular formula is C7H7IN2. The van der Waals surface area contributed by atoms with Crippen LogP contribution in [0.5, 0.6) is 0 Å². The van der Waals surface area contributed by atoms with Crippen LogP contribution in [-0.2, 0) is 6.42 Å². The molecule has 0 radical (unpaired) electrons. The molecule has 0 unspecified atom stereocenters. The first kappa shape index (κ1) is 6.39. The molecule has 3 heteroatoms. The lowest BCUT2D eigenvalue weighted by molar-refractivity contribution is 1.12. The summed E-state index contributed by atoms with van der Waals surface area (Å²) < 4.78 is 5.75. The largest absolute Gasteiger partial charge is 0.264 e. The number of nitrogens with zero attached hydrogens (tertiary/aromatic N) is 2. The summed E-state index contributed by atoms with van der Waals surface area (Å²) in [6, 6.07) is 2.01. The van der Waals surface area contributed by atoms with Crippen LogP contribution in [0.2, 0.25) is 0 Å². The summed E-state index contributed by atoms with van der Waals surface area (Å²) >= 11 is 0.123. The van der Waals surface area contributed by atoms with Crippen molar-refractivity contribution in [3.8, 4) is 0 Å². The molecule has 10 heavy (non-hydrogen) atoms. The lowest BCUT2D eigenvalue weighted by atomic mass is 10.2. The van der Waals surface area contributed by atoms with Gasteiger partial charge in [0.1, 0.15) is 0 Å². The molecule has 0 fully saturated rings. The molecule has 1 aromatic rings. The standard InChI is InChI=1S/C7H7IN2/c1-3-8-10-7-2-4-9-5-6(1)7/h2,4-5H,1,3H2. The van der Waals surface area contributed by atoms with E-state index in [-0.39, 0.29) is 21.0 Å². The molecule has 1 aromatic heterocycles. The van der Waals surface area contributed by atoms with Crippen molar-refractivity contribution in [2.24, 2.45) is 3.15 Å². The molecule has 2 rings (SSSR count). The number of pyridine rings is 1. The first-order valence-electron chi connectivity index (χ1n) is 3.19. The molecule has 0 aromatic carbocycles. The van der Waals surface area contributed by atoms with Gasteiger partial charge in [0.25, 0.3) is 0 Å². The highest BCUT2D eigenvalue weighted by molar-refractivity contribution is 14.2. The van der Waals surface area contributed by atoms with Crippen LogP contribution in [0.1, 0.15) is 5.56 Å². The van der Waals surface area contributed by atoms with E-state index in [0.29, 0.717) is 0 Å². The van der Waals surface area contributed by atoms with Gasteiger partial charge in [-0.3, -0.25) is 4.98 Å². The lowest BCUT2D eigenvalue weighted by Crippen LogP contribution is -1.90. The zero-order chi connectivity index (χ0) is 6.81.